The molecule has 0 aliphatic carbocycles. The van der Waals surface area contributed by atoms with E-state index in [0.717, 1.165) is 12.0 Å². The molecule has 0 saturated carbocycles. The first-order chi connectivity index (χ1) is 11.0. The highest BCUT2D eigenvalue weighted by Crippen LogP contribution is 2.22. The Morgan fingerprint density at radius 1 is 1.22 bits per heavy atom. The summed E-state index contributed by atoms with van der Waals surface area (Å²) < 4.78 is 5.52. The summed E-state index contributed by atoms with van der Waals surface area (Å²) in [5, 5.41) is 3.40. The van der Waals surface area contributed by atoms with Crippen molar-refractivity contribution in [2.24, 2.45) is 0 Å². The average Bonchev–Trinajstić information content (AvgIpc) is 2.56. The Hall–Kier alpha value is -2.00. The average molecular weight is 332 g/mol. The number of carbonyl (C=O) groups is 1. The van der Waals surface area contributed by atoms with Crippen molar-refractivity contribution in [2.45, 2.75) is 33.1 Å². The summed E-state index contributed by atoms with van der Waals surface area (Å²) in [7, 11) is 0. The van der Waals surface area contributed by atoms with Crippen LogP contribution in [-0.2, 0) is 4.79 Å². The van der Waals surface area contributed by atoms with Crippen LogP contribution in [0.4, 0.5) is 5.69 Å². The molecule has 122 valence electrons. The first-order valence-corrected chi connectivity index (χ1v) is 8.16. The maximum absolute atomic E-state index is 11.9. The van der Waals surface area contributed by atoms with Gasteiger partial charge < -0.3 is 10.1 Å². The molecule has 4 heteroatoms. The molecular formula is C19H22ClNO2. The Labute approximate surface area is 142 Å². The van der Waals surface area contributed by atoms with Crippen molar-refractivity contribution >= 4 is 23.2 Å². The zero-order chi connectivity index (χ0) is 16.8. The number of aryl methyl sites for hydroxylation is 1. The highest BCUT2D eigenvalue weighted by molar-refractivity contribution is 6.31. The van der Waals surface area contributed by atoms with Crippen molar-refractivity contribution in [3.8, 4) is 5.75 Å². The monoisotopic (exact) mass is 331 g/mol. The minimum atomic E-state index is -0.212. The minimum absolute atomic E-state index is 0.0336. The van der Waals surface area contributed by atoms with E-state index in [9.17, 15) is 4.79 Å². The number of hydrogen-bond donors (Lipinski definition) is 1. The van der Waals surface area contributed by atoms with Gasteiger partial charge in [-0.3, -0.25) is 4.79 Å². The van der Waals surface area contributed by atoms with Gasteiger partial charge in [0.2, 0.25) is 0 Å². The van der Waals surface area contributed by atoms with Gasteiger partial charge in [0.1, 0.15) is 5.75 Å². The van der Waals surface area contributed by atoms with E-state index in [0.29, 0.717) is 22.4 Å². The lowest BCUT2D eigenvalue weighted by molar-refractivity contribution is -0.118. The first kappa shape index (κ1) is 17.4. The van der Waals surface area contributed by atoms with Gasteiger partial charge in [-0.2, -0.15) is 0 Å². The molecule has 0 heterocycles. The molecule has 2 aromatic rings. The topological polar surface area (TPSA) is 38.3 Å². The van der Waals surface area contributed by atoms with Crippen molar-refractivity contribution in [1.29, 1.82) is 0 Å². The van der Waals surface area contributed by atoms with Gasteiger partial charge in [0.15, 0.2) is 6.61 Å². The third kappa shape index (κ3) is 5.00. The van der Waals surface area contributed by atoms with Gasteiger partial charge >= 0.3 is 0 Å². The molecule has 23 heavy (non-hydrogen) atoms. The van der Waals surface area contributed by atoms with Gasteiger partial charge in [-0.1, -0.05) is 43.6 Å². The van der Waals surface area contributed by atoms with Crippen LogP contribution in [0.15, 0.2) is 42.5 Å². The summed E-state index contributed by atoms with van der Waals surface area (Å²) in [6.07, 6.45) is 1.10. The van der Waals surface area contributed by atoms with Crippen LogP contribution in [0, 0.1) is 6.92 Å². The molecule has 0 bridgehead atoms. The van der Waals surface area contributed by atoms with Crippen molar-refractivity contribution in [3.63, 3.8) is 0 Å². The van der Waals surface area contributed by atoms with Crippen molar-refractivity contribution < 1.29 is 9.53 Å². The van der Waals surface area contributed by atoms with Crippen LogP contribution in [0.2, 0.25) is 5.02 Å². The van der Waals surface area contributed by atoms with Crippen LogP contribution in [0.5, 0.6) is 5.75 Å². The number of halogens is 1. The molecule has 0 aromatic heterocycles. The Morgan fingerprint density at radius 2 is 1.91 bits per heavy atom. The molecule has 0 aliphatic heterocycles. The van der Waals surface area contributed by atoms with Crippen LogP contribution in [-0.4, -0.2) is 12.5 Å². The number of amides is 1. The minimum Gasteiger partial charge on any atom is -0.484 e. The van der Waals surface area contributed by atoms with Crippen LogP contribution >= 0.6 is 11.6 Å². The Morgan fingerprint density at radius 3 is 2.52 bits per heavy atom. The Bertz CT molecular complexity index is 668. The molecule has 0 radical (unpaired) electrons. The molecule has 1 atom stereocenters. The van der Waals surface area contributed by atoms with Crippen molar-refractivity contribution in [3.05, 3.63) is 58.6 Å². The summed E-state index contributed by atoms with van der Waals surface area (Å²) in [5.74, 6) is 1.00. The molecule has 0 saturated heterocycles. The summed E-state index contributed by atoms with van der Waals surface area (Å²) in [6.45, 7) is 6.24. The molecule has 0 spiro atoms. The summed E-state index contributed by atoms with van der Waals surface area (Å²) in [5.41, 5.74) is 2.92. The number of carbonyl (C=O) groups excluding carboxylic acids is 1. The molecular weight excluding hydrogens is 310 g/mol. The smallest absolute Gasteiger partial charge is 0.262 e. The number of rotatable bonds is 6. The summed E-state index contributed by atoms with van der Waals surface area (Å²) in [6, 6.07) is 13.3. The lowest BCUT2D eigenvalue weighted by atomic mass is 9.99. The Kier molecular flexibility index (Phi) is 6.05. The normalized spacial score (nSPS) is 11.8. The molecule has 0 unspecified atom stereocenters. The molecule has 1 amide bonds. The molecule has 2 rings (SSSR count). The van der Waals surface area contributed by atoms with Crippen molar-refractivity contribution in [2.75, 3.05) is 11.9 Å². The predicted molar refractivity (Wildman–Crippen MR) is 95.5 cm³/mol. The summed E-state index contributed by atoms with van der Waals surface area (Å²) >= 11 is 6.04. The molecule has 2 aromatic carbocycles. The fourth-order valence-electron chi connectivity index (χ4n) is 2.14. The standard InChI is InChI=1S/C19H22ClNO2/c1-4-13(2)15-6-9-17(10-7-15)23-12-19(22)21-16-8-5-14(3)18(20)11-16/h5-11,13H,4,12H2,1-3H3,(H,21,22)/t13-/m1/s1. The van der Waals surface area contributed by atoms with Crippen LogP contribution in [0.25, 0.3) is 0 Å². The highest BCUT2D eigenvalue weighted by Gasteiger charge is 2.06. The van der Waals surface area contributed by atoms with Gasteiger partial charge in [-0.05, 0) is 54.7 Å². The second kappa shape index (κ2) is 8.02. The number of nitrogens with one attached hydrogen (secondary N) is 1. The maximum atomic E-state index is 11.9. The largest absolute Gasteiger partial charge is 0.484 e. The van der Waals surface area contributed by atoms with Gasteiger partial charge in [0.05, 0.1) is 0 Å². The molecule has 1 N–H and O–H groups in total. The van der Waals surface area contributed by atoms with Gasteiger partial charge in [-0.25, -0.2) is 0 Å². The van der Waals surface area contributed by atoms with Gasteiger partial charge in [-0.15, -0.1) is 0 Å². The van der Waals surface area contributed by atoms with E-state index >= 15 is 0 Å². The number of anilines is 1. The molecule has 0 aliphatic rings. The number of ether oxygens (including phenoxy) is 1. The van der Waals surface area contributed by atoms with E-state index in [1.165, 1.54) is 5.56 Å². The van der Waals surface area contributed by atoms with E-state index in [-0.39, 0.29) is 12.5 Å². The van der Waals surface area contributed by atoms with Gasteiger partial charge in [0, 0.05) is 10.7 Å². The van der Waals surface area contributed by atoms with Gasteiger partial charge in [0.25, 0.3) is 5.91 Å². The lowest BCUT2D eigenvalue weighted by Gasteiger charge is -2.11. The fraction of sp³-hybridized carbons (Fsp3) is 0.316. The van der Waals surface area contributed by atoms with E-state index in [1.54, 1.807) is 6.07 Å². The molecule has 3 nitrogen and oxygen atoms in total. The zero-order valence-electron chi connectivity index (χ0n) is 13.7. The summed E-state index contributed by atoms with van der Waals surface area (Å²) in [4.78, 5) is 11.9. The predicted octanol–water partition coefficient (Wildman–Crippen LogP) is 5.18. The second-order valence-electron chi connectivity index (χ2n) is 5.68. The second-order valence-corrected chi connectivity index (χ2v) is 6.09. The van der Waals surface area contributed by atoms with Crippen LogP contribution in [0.1, 0.15) is 37.3 Å². The van der Waals surface area contributed by atoms with E-state index in [1.807, 2.05) is 43.3 Å². The van der Waals surface area contributed by atoms with Crippen LogP contribution in [0.3, 0.4) is 0 Å². The van der Waals surface area contributed by atoms with Crippen molar-refractivity contribution in [1.82, 2.24) is 0 Å². The third-order valence-corrected chi connectivity index (χ3v) is 4.29. The highest BCUT2D eigenvalue weighted by atomic mass is 35.5. The lowest BCUT2D eigenvalue weighted by Crippen LogP contribution is -2.20. The van der Waals surface area contributed by atoms with E-state index < -0.39 is 0 Å². The maximum Gasteiger partial charge on any atom is 0.262 e. The number of benzene rings is 2. The zero-order valence-corrected chi connectivity index (χ0v) is 14.5. The third-order valence-electron chi connectivity index (χ3n) is 3.89. The number of hydrogen-bond acceptors (Lipinski definition) is 2. The quantitative estimate of drug-likeness (QED) is 0.792. The Balaban J connectivity index is 1.87. The molecule has 0 fully saturated rings. The first-order valence-electron chi connectivity index (χ1n) is 7.78. The van der Waals surface area contributed by atoms with E-state index in [2.05, 4.69) is 19.2 Å². The van der Waals surface area contributed by atoms with E-state index in [4.69, 9.17) is 16.3 Å². The fourth-order valence-corrected chi connectivity index (χ4v) is 2.33. The SMILES string of the molecule is CC[C@@H](C)c1ccc(OCC(=O)Nc2ccc(C)c(Cl)c2)cc1. The van der Waals surface area contributed by atoms with Crippen LogP contribution < -0.4 is 10.1 Å².